The highest BCUT2D eigenvalue weighted by Crippen LogP contribution is 2.37. The summed E-state index contributed by atoms with van der Waals surface area (Å²) in [5, 5.41) is 0. The first-order chi connectivity index (χ1) is 7.08. The van der Waals surface area contributed by atoms with Crippen LogP contribution in [-0.4, -0.2) is 20.5 Å². The summed E-state index contributed by atoms with van der Waals surface area (Å²) in [5.41, 5.74) is 0.815. The third-order valence-corrected chi connectivity index (χ3v) is 2.38. The van der Waals surface area contributed by atoms with Crippen molar-refractivity contribution in [3.63, 3.8) is 0 Å². The van der Waals surface area contributed by atoms with Gasteiger partial charge in [-0.25, -0.2) is 4.39 Å². The van der Waals surface area contributed by atoms with E-state index in [0.29, 0.717) is 11.8 Å². The lowest BCUT2D eigenvalue weighted by atomic mass is 10.0. The molecular formula is C11H13FO3. The first-order valence-electron chi connectivity index (χ1n) is 4.44. The molecule has 82 valence electrons. The second-order valence-electron chi connectivity index (χ2n) is 3.16. The molecular weight excluding hydrogens is 199 g/mol. The van der Waals surface area contributed by atoms with E-state index in [1.165, 1.54) is 21.1 Å². The van der Waals surface area contributed by atoms with Crippen LogP contribution in [0.2, 0.25) is 0 Å². The van der Waals surface area contributed by atoms with Crippen molar-refractivity contribution in [2.75, 3.05) is 14.2 Å². The number of methoxy groups -OCH3 is 2. The van der Waals surface area contributed by atoms with E-state index in [1.807, 2.05) is 0 Å². The van der Waals surface area contributed by atoms with Gasteiger partial charge in [0.25, 0.3) is 0 Å². The number of ether oxygens (including phenoxy) is 2. The van der Waals surface area contributed by atoms with E-state index in [2.05, 4.69) is 0 Å². The smallest absolute Gasteiger partial charge is 0.171 e. The summed E-state index contributed by atoms with van der Waals surface area (Å²) in [6.45, 7) is 3.12. The third kappa shape index (κ3) is 1.67. The number of rotatable bonds is 3. The minimum atomic E-state index is -0.435. The number of benzene rings is 1. The summed E-state index contributed by atoms with van der Waals surface area (Å²) in [7, 11) is 2.83. The highest BCUT2D eigenvalue weighted by molar-refractivity contribution is 5.84. The Morgan fingerprint density at radius 2 is 1.60 bits per heavy atom. The van der Waals surface area contributed by atoms with E-state index in [9.17, 15) is 9.18 Å². The Hall–Kier alpha value is -1.58. The fraction of sp³-hybridized carbons (Fsp3) is 0.364. The Morgan fingerprint density at radius 1 is 1.07 bits per heavy atom. The standard InChI is InChI=1S/C11H13FO3/c1-6-8(5-13)11(15-4)10(14-3)7(2)9(6)12/h5H,1-4H3. The minimum Gasteiger partial charge on any atom is -0.492 e. The largest absolute Gasteiger partial charge is 0.492 e. The van der Waals surface area contributed by atoms with E-state index < -0.39 is 5.82 Å². The van der Waals surface area contributed by atoms with Gasteiger partial charge in [0.2, 0.25) is 0 Å². The second-order valence-corrected chi connectivity index (χ2v) is 3.16. The van der Waals surface area contributed by atoms with Crippen LogP contribution in [0.4, 0.5) is 4.39 Å². The van der Waals surface area contributed by atoms with Gasteiger partial charge in [-0.3, -0.25) is 4.79 Å². The summed E-state index contributed by atoms with van der Waals surface area (Å²) in [5.74, 6) is 0.112. The van der Waals surface area contributed by atoms with Crippen LogP contribution in [0.15, 0.2) is 0 Å². The molecule has 15 heavy (non-hydrogen) atoms. The summed E-state index contributed by atoms with van der Waals surface area (Å²) < 4.78 is 23.7. The Kier molecular flexibility index (Phi) is 3.29. The monoisotopic (exact) mass is 212 g/mol. The minimum absolute atomic E-state index is 0.192. The van der Waals surface area contributed by atoms with Crippen molar-refractivity contribution >= 4 is 6.29 Å². The molecule has 1 rings (SSSR count). The lowest BCUT2D eigenvalue weighted by molar-refractivity contribution is 0.111. The summed E-state index contributed by atoms with van der Waals surface area (Å²) >= 11 is 0. The SMILES string of the molecule is COc1c(C)c(F)c(C)c(C=O)c1OC. The van der Waals surface area contributed by atoms with Crippen LogP contribution >= 0.6 is 0 Å². The van der Waals surface area contributed by atoms with Crippen molar-refractivity contribution in [2.45, 2.75) is 13.8 Å². The summed E-state index contributed by atoms with van der Waals surface area (Å²) in [6, 6.07) is 0. The van der Waals surface area contributed by atoms with Gasteiger partial charge < -0.3 is 9.47 Å². The van der Waals surface area contributed by atoms with Gasteiger partial charge in [0.15, 0.2) is 17.8 Å². The molecule has 0 atom stereocenters. The van der Waals surface area contributed by atoms with Gasteiger partial charge in [-0.05, 0) is 19.4 Å². The Balaban J connectivity index is 3.66. The third-order valence-electron chi connectivity index (χ3n) is 2.38. The van der Waals surface area contributed by atoms with E-state index in [4.69, 9.17) is 9.47 Å². The van der Waals surface area contributed by atoms with Crippen molar-refractivity contribution in [2.24, 2.45) is 0 Å². The molecule has 0 radical (unpaired) electrons. The normalized spacial score (nSPS) is 9.93. The topological polar surface area (TPSA) is 35.5 Å². The summed E-state index contributed by atoms with van der Waals surface area (Å²) in [4.78, 5) is 10.8. The van der Waals surface area contributed by atoms with Crippen molar-refractivity contribution < 1.29 is 18.7 Å². The average molecular weight is 212 g/mol. The zero-order valence-electron chi connectivity index (χ0n) is 9.18. The molecule has 0 saturated carbocycles. The molecule has 0 spiro atoms. The van der Waals surface area contributed by atoms with Gasteiger partial charge >= 0.3 is 0 Å². The van der Waals surface area contributed by atoms with Crippen molar-refractivity contribution in [1.29, 1.82) is 0 Å². The second kappa shape index (κ2) is 4.29. The molecule has 0 amide bonds. The zero-order valence-corrected chi connectivity index (χ0v) is 9.18. The van der Waals surface area contributed by atoms with Crippen molar-refractivity contribution in [3.05, 3.63) is 22.5 Å². The van der Waals surface area contributed by atoms with Crippen LogP contribution in [0.25, 0.3) is 0 Å². The molecule has 0 aromatic heterocycles. The molecule has 1 aromatic rings. The van der Waals surface area contributed by atoms with Gasteiger partial charge in [0.1, 0.15) is 5.82 Å². The predicted octanol–water partition coefficient (Wildman–Crippen LogP) is 2.27. The van der Waals surface area contributed by atoms with Gasteiger partial charge in [-0.1, -0.05) is 0 Å². The van der Waals surface area contributed by atoms with Crippen LogP contribution in [0.3, 0.4) is 0 Å². The zero-order chi connectivity index (χ0) is 11.6. The fourth-order valence-electron chi connectivity index (χ4n) is 1.55. The van der Waals surface area contributed by atoms with Crippen LogP contribution in [0.1, 0.15) is 21.5 Å². The lowest BCUT2D eigenvalue weighted by Gasteiger charge is -2.15. The summed E-state index contributed by atoms with van der Waals surface area (Å²) in [6.07, 6.45) is 0.569. The van der Waals surface area contributed by atoms with Crippen LogP contribution in [-0.2, 0) is 0 Å². The first kappa shape index (κ1) is 11.5. The molecule has 4 heteroatoms. The van der Waals surface area contributed by atoms with E-state index in [1.54, 1.807) is 6.92 Å². The Labute approximate surface area is 87.8 Å². The quantitative estimate of drug-likeness (QED) is 0.721. The Morgan fingerprint density at radius 3 is 2.00 bits per heavy atom. The maximum Gasteiger partial charge on any atom is 0.171 e. The lowest BCUT2D eigenvalue weighted by Crippen LogP contribution is -2.03. The average Bonchev–Trinajstić information content (AvgIpc) is 2.25. The Bertz CT molecular complexity index is 400. The van der Waals surface area contributed by atoms with Crippen LogP contribution in [0, 0.1) is 19.7 Å². The maximum atomic E-state index is 13.6. The highest BCUT2D eigenvalue weighted by Gasteiger charge is 2.20. The number of aldehydes is 1. The molecule has 1 aromatic carbocycles. The van der Waals surface area contributed by atoms with E-state index in [-0.39, 0.29) is 22.6 Å². The molecule has 0 N–H and O–H groups in total. The number of hydrogen-bond acceptors (Lipinski definition) is 3. The van der Waals surface area contributed by atoms with E-state index >= 15 is 0 Å². The first-order valence-corrected chi connectivity index (χ1v) is 4.44. The molecule has 0 aliphatic rings. The predicted molar refractivity (Wildman–Crippen MR) is 54.4 cm³/mol. The molecule has 0 heterocycles. The van der Waals surface area contributed by atoms with Gasteiger partial charge in [-0.15, -0.1) is 0 Å². The van der Waals surface area contributed by atoms with Gasteiger partial charge in [-0.2, -0.15) is 0 Å². The van der Waals surface area contributed by atoms with Crippen LogP contribution < -0.4 is 9.47 Å². The molecule has 0 saturated heterocycles. The van der Waals surface area contributed by atoms with Crippen LogP contribution in [0.5, 0.6) is 11.5 Å². The number of hydrogen-bond donors (Lipinski definition) is 0. The van der Waals surface area contributed by atoms with Crippen molar-refractivity contribution in [1.82, 2.24) is 0 Å². The van der Waals surface area contributed by atoms with Crippen molar-refractivity contribution in [3.8, 4) is 11.5 Å². The number of carbonyl (C=O) groups is 1. The number of carbonyl (C=O) groups excluding carboxylic acids is 1. The number of halogens is 1. The van der Waals surface area contributed by atoms with Gasteiger partial charge in [0, 0.05) is 5.56 Å². The molecule has 0 unspecified atom stereocenters. The molecule has 0 bridgehead atoms. The molecule has 0 aliphatic carbocycles. The fourth-order valence-corrected chi connectivity index (χ4v) is 1.55. The van der Waals surface area contributed by atoms with E-state index in [0.717, 1.165) is 0 Å². The highest BCUT2D eigenvalue weighted by atomic mass is 19.1. The molecule has 0 fully saturated rings. The molecule has 0 aliphatic heterocycles. The molecule has 3 nitrogen and oxygen atoms in total. The maximum absolute atomic E-state index is 13.6. The van der Waals surface area contributed by atoms with Gasteiger partial charge in [0.05, 0.1) is 19.8 Å².